The molecule has 3 heteroatoms. The van der Waals surface area contributed by atoms with E-state index in [0.717, 1.165) is 30.4 Å². The molecule has 1 fully saturated rings. The summed E-state index contributed by atoms with van der Waals surface area (Å²) in [7, 11) is 0. The van der Waals surface area contributed by atoms with Gasteiger partial charge in [-0.2, -0.15) is 0 Å². The molecule has 0 aromatic heterocycles. The Morgan fingerprint density at radius 3 is 2.55 bits per heavy atom. The van der Waals surface area contributed by atoms with Gasteiger partial charge in [-0.15, -0.1) is 0 Å². The minimum absolute atomic E-state index is 0.147. The van der Waals surface area contributed by atoms with Crippen molar-refractivity contribution in [2.75, 3.05) is 0 Å². The number of benzene rings is 1. The van der Waals surface area contributed by atoms with E-state index in [9.17, 15) is 4.79 Å². The van der Waals surface area contributed by atoms with Gasteiger partial charge in [0.1, 0.15) is 5.75 Å². The second kappa shape index (κ2) is 5.21. The summed E-state index contributed by atoms with van der Waals surface area (Å²) in [6, 6.07) is 5.97. The first kappa shape index (κ1) is 15.0. The molecule has 1 unspecified atom stereocenters. The molecule has 1 heterocycles. The van der Waals surface area contributed by atoms with Gasteiger partial charge >= 0.3 is 5.97 Å². The fraction of sp³-hybridized carbons (Fsp3) is 0.588. The minimum Gasteiger partial charge on any atom is -0.426 e. The summed E-state index contributed by atoms with van der Waals surface area (Å²) >= 11 is 0. The van der Waals surface area contributed by atoms with Crippen molar-refractivity contribution in [2.24, 2.45) is 0 Å². The van der Waals surface area contributed by atoms with Crippen molar-refractivity contribution in [2.45, 2.75) is 65.1 Å². The van der Waals surface area contributed by atoms with Crippen molar-refractivity contribution >= 4 is 5.97 Å². The fourth-order valence-corrected chi connectivity index (χ4v) is 3.06. The molecule has 1 saturated heterocycles. The number of rotatable bonds is 2. The molecule has 0 amide bonds. The molecule has 0 aliphatic carbocycles. The zero-order chi connectivity index (χ0) is 15.0. The Morgan fingerprint density at radius 2 is 1.95 bits per heavy atom. The van der Waals surface area contributed by atoms with Gasteiger partial charge in [0.2, 0.25) is 0 Å². The van der Waals surface area contributed by atoms with Crippen LogP contribution in [-0.2, 0) is 15.1 Å². The number of hydrogen-bond donors (Lipinski definition) is 0. The molecule has 1 aliphatic rings. The Morgan fingerprint density at radius 1 is 1.25 bits per heavy atom. The van der Waals surface area contributed by atoms with Crippen LogP contribution < -0.4 is 4.74 Å². The molecule has 3 nitrogen and oxygen atoms in total. The Hall–Kier alpha value is -1.35. The Balaban J connectivity index is 2.42. The van der Waals surface area contributed by atoms with E-state index in [2.05, 4.69) is 20.8 Å². The third-order valence-electron chi connectivity index (χ3n) is 3.89. The van der Waals surface area contributed by atoms with Crippen molar-refractivity contribution in [3.05, 3.63) is 29.3 Å². The highest BCUT2D eigenvalue weighted by Gasteiger charge is 2.40. The molecule has 1 aliphatic heterocycles. The van der Waals surface area contributed by atoms with Gasteiger partial charge in [-0.05, 0) is 58.6 Å². The molecular formula is C17H24O3. The average Bonchev–Trinajstić information content (AvgIpc) is 2.25. The van der Waals surface area contributed by atoms with Crippen LogP contribution in [0.3, 0.4) is 0 Å². The number of hydrogen-bond acceptors (Lipinski definition) is 3. The van der Waals surface area contributed by atoms with Gasteiger partial charge in [0.15, 0.2) is 0 Å². The smallest absolute Gasteiger partial charge is 0.308 e. The normalized spacial score (nSPS) is 25.2. The summed E-state index contributed by atoms with van der Waals surface area (Å²) in [4.78, 5) is 11.3. The maximum absolute atomic E-state index is 11.3. The monoisotopic (exact) mass is 276 g/mol. The molecule has 0 N–H and O–H groups in total. The lowest BCUT2D eigenvalue weighted by Crippen LogP contribution is -2.41. The summed E-state index contributed by atoms with van der Waals surface area (Å²) in [5, 5.41) is 0. The van der Waals surface area contributed by atoms with Crippen LogP contribution in [0, 0.1) is 6.92 Å². The van der Waals surface area contributed by atoms with Crippen molar-refractivity contribution in [1.82, 2.24) is 0 Å². The first-order valence-electron chi connectivity index (χ1n) is 7.22. The third-order valence-corrected chi connectivity index (χ3v) is 3.89. The molecule has 0 spiro atoms. The summed E-state index contributed by atoms with van der Waals surface area (Å²) < 4.78 is 11.7. The van der Waals surface area contributed by atoms with Crippen molar-refractivity contribution in [3.8, 4) is 5.75 Å². The van der Waals surface area contributed by atoms with Crippen LogP contribution in [0.25, 0.3) is 0 Å². The standard InChI is InChI=1S/C17H24O3/c1-12-7-8-14(15(11-12)19-13(2)18)17(5)10-6-9-16(3,4)20-17/h7-8,11H,6,9-10H2,1-5H3. The van der Waals surface area contributed by atoms with Gasteiger partial charge in [0.25, 0.3) is 0 Å². The van der Waals surface area contributed by atoms with Gasteiger partial charge in [0, 0.05) is 12.5 Å². The largest absolute Gasteiger partial charge is 0.426 e. The van der Waals surface area contributed by atoms with E-state index < -0.39 is 5.60 Å². The fourth-order valence-electron chi connectivity index (χ4n) is 3.06. The molecule has 2 rings (SSSR count). The van der Waals surface area contributed by atoms with Gasteiger partial charge in [-0.1, -0.05) is 12.1 Å². The molecule has 0 radical (unpaired) electrons. The van der Waals surface area contributed by atoms with Crippen molar-refractivity contribution in [1.29, 1.82) is 0 Å². The van der Waals surface area contributed by atoms with Gasteiger partial charge in [-0.3, -0.25) is 4.79 Å². The van der Waals surface area contributed by atoms with Gasteiger partial charge < -0.3 is 9.47 Å². The molecule has 1 aromatic rings. The van der Waals surface area contributed by atoms with Crippen molar-refractivity contribution in [3.63, 3.8) is 0 Å². The second-order valence-electron chi connectivity index (χ2n) is 6.54. The van der Waals surface area contributed by atoms with E-state index in [1.165, 1.54) is 6.92 Å². The van der Waals surface area contributed by atoms with E-state index in [4.69, 9.17) is 9.47 Å². The number of ether oxygens (including phenoxy) is 2. The number of carbonyl (C=O) groups excluding carboxylic acids is 1. The molecule has 1 atom stereocenters. The Kier molecular flexibility index (Phi) is 3.92. The summed E-state index contributed by atoms with van der Waals surface area (Å²) in [5.41, 5.74) is 1.49. The maximum Gasteiger partial charge on any atom is 0.308 e. The van der Waals surface area contributed by atoms with Gasteiger partial charge in [0.05, 0.1) is 11.2 Å². The van der Waals surface area contributed by atoms with E-state index in [1.54, 1.807) is 0 Å². The van der Waals surface area contributed by atoms with E-state index in [1.807, 2.05) is 25.1 Å². The zero-order valence-corrected chi connectivity index (χ0v) is 13.1. The maximum atomic E-state index is 11.3. The second-order valence-corrected chi connectivity index (χ2v) is 6.54. The summed E-state index contributed by atoms with van der Waals surface area (Å²) in [6.07, 6.45) is 3.10. The zero-order valence-electron chi connectivity index (χ0n) is 13.1. The van der Waals surface area contributed by atoms with Crippen LogP contribution in [0.4, 0.5) is 0 Å². The van der Waals surface area contributed by atoms with Crippen LogP contribution in [0.15, 0.2) is 18.2 Å². The quantitative estimate of drug-likeness (QED) is 0.602. The molecule has 1 aromatic carbocycles. The highest BCUT2D eigenvalue weighted by Crippen LogP contribution is 2.45. The number of carbonyl (C=O) groups is 1. The third kappa shape index (κ3) is 3.21. The molecule has 0 bridgehead atoms. The lowest BCUT2D eigenvalue weighted by atomic mass is 9.82. The summed E-state index contributed by atoms with van der Waals surface area (Å²) in [5.74, 6) is 0.327. The highest BCUT2D eigenvalue weighted by molar-refractivity contribution is 5.70. The van der Waals surface area contributed by atoms with Crippen LogP contribution >= 0.6 is 0 Å². The van der Waals surface area contributed by atoms with E-state index >= 15 is 0 Å². The molecule has 110 valence electrons. The van der Waals surface area contributed by atoms with Crippen LogP contribution in [0.1, 0.15) is 58.1 Å². The van der Waals surface area contributed by atoms with E-state index in [0.29, 0.717) is 5.75 Å². The van der Waals surface area contributed by atoms with Gasteiger partial charge in [-0.25, -0.2) is 0 Å². The lowest BCUT2D eigenvalue weighted by Gasteiger charge is -2.44. The van der Waals surface area contributed by atoms with Crippen LogP contribution in [0.2, 0.25) is 0 Å². The average molecular weight is 276 g/mol. The van der Waals surface area contributed by atoms with Crippen LogP contribution in [0.5, 0.6) is 5.75 Å². The first-order valence-corrected chi connectivity index (χ1v) is 7.22. The molecular weight excluding hydrogens is 252 g/mol. The van der Waals surface area contributed by atoms with Crippen molar-refractivity contribution < 1.29 is 14.3 Å². The predicted molar refractivity (Wildman–Crippen MR) is 78.9 cm³/mol. The topological polar surface area (TPSA) is 35.5 Å². The predicted octanol–water partition coefficient (Wildman–Crippen LogP) is 4.11. The Labute approximate surface area is 121 Å². The summed E-state index contributed by atoms with van der Waals surface area (Å²) in [6.45, 7) is 9.74. The molecule has 20 heavy (non-hydrogen) atoms. The van der Waals surface area contributed by atoms with E-state index in [-0.39, 0.29) is 11.6 Å². The Bertz CT molecular complexity index is 519. The minimum atomic E-state index is -0.403. The SMILES string of the molecule is CC(=O)Oc1cc(C)ccc1C1(C)CCCC(C)(C)O1. The highest BCUT2D eigenvalue weighted by atomic mass is 16.5. The molecule has 0 saturated carbocycles. The number of aryl methyl sites for hydroxylation is 1. The lowest BCUT2D eigenvalue weighted by molar-refractivity contribution is -0.171. The van der Waals surface area contributed by atoms with Crippen LogP contribution in [-0.4, -0.2) is 11.6 Å². The number of esters is 1. The first-order chi connectivity index (χ1) is 9.22.